The zero-order valence-electron chi connectivity index (χ0n) is 36.9. The molecule has 13 nitrogen and oxygen atoms in total. The number of imide groups is 1. The van der Waals surface area contributed by atoms with Crippen LogP contribution in [0, 0.1) is 0 Å². The molecule has 338 valence electrons. The first kappa shape index (κ1) is 45.8. The van der Waals surface area contributed by atoms with Crippen molar-refractivity contribution in [3.8, 4) is 5.75 Å². The Bertz CT molecular complexity index is 2450. The summed E-state index contributed by atoms with van der Waals surface area (Å²) in [6, 6.07) is 19.9. The molecule has 64 heavy (non-hydrogen) atoms. The fraction of sp³-hybridized carbons (Fsp3) is 0.458. The first-order chi connectivity index (χ1) is 30.8. The number of hydrogen-bond donors (Lipinski definition) is 1. The molecule has 5 heterocycles. The number of carbonyl (C=O) groups excluding carboxylic acids is 4. The quantitative estimate of drug-likeness (QED) is 0.0612. The molecule has 1 atom stereocenters. The van der Waals surface area contributed by atoms with Crippen molar-refractivity contribution in [3.05, 3.63) is 106 Å². The van der Waals surface area contributed by atoms with Gasteiger partial charge in [-0.2, -0.15) is 0 Å². The van der Waals surface area contributed by atoms with Gasteiger partial charge in [0, 0.05) is 117 Å². The van der Waals surface area contributed by atoms with Crippen LogP contribution in [0.4, 0.5) is 5.69 Å². The van der Waals surface area contributed by atoms with Crippen LogP contribution in [0.3, 0.4) is 0 Å². The number of ether oxygens (including phenoxy) is 1. The van der Waals surface area contributed by atoms with Crippen LogP contribution in [0.2, 0.25) is 5.02 Å². The number of hydrogen-bond acceptors (Lipinski definition) is 11. The number of methoxy groups -OCH3 is 1. The molecule has 4 amide bonds. The number of benzene rings is 3. The fourth-order valence-corrected chi connectivity index (χ4v) is 11.9. The van der Waals surface area contributed by atoms with Crippen LogP contribution in [0.15, 0.2) is 71.8 Å². The summed E-state index contributed by atoms with van der Waals surface area (Å²) < 4.78 is 18.9. The second-order valence-electron chi connectivity index (χ2n) is 17.6. The molecule has 0 spiro atoms. The molecule has 0 bridgehead atoms. The fourth-order valence-electron chi connectivity index (χ4n) is 9.46. The number of thioether (sulfide) groups is 1. The van der Waals surface area contributed by atoms with Crippen LogP contribution < -0.4 is 20.3 Å². The molecule has 3 fully saturated rings. The third-order valence-electron chi connectivity index (χ3n) is 13.0. The van der Waals surface area contributed by atoms with Gasteiger partial charge >= 0.3 is 0 Å². The Morgan fingerprint density at radius 2 is 1.70 bits per heavy atom. The van der Waals surface area contributed by atoms with Gasteiger partial charge in [0.2, 0.25) is 17.7 Å². The normalized spacial score (nSPS) is 18.7. The van der Waals surface area contributed by atoms with Gasteiger partial charge in [-0.05, 0) is 86.6 Å². The Morgan fingerprint density at radius 1 is 0.922 bits per heavy atom. The van der Waals surface area contributed by atoms with Gasteiger partial charge in [0.25, 0.3) is 5.91 Å². The van der Waals surface area contributed by atoms with E-state index in [1.54, 1.807) is 43.3 Å². The van der Waals surface area contributed by atoms with E-state index in [2.05, 4.69) is 38.3 Å². The molecule has 3 saturated heterocycles. The monoisotopic (exact) mass is 925 g/mol. The van der Waals surface area contributed by atoms with Crippen molar-refractivity contribution >= 4 is 65.1 Å². The zero-order chi connectivity index (χ0) is 45.0. The summed E-state index contributed by atoms with van der Waals surface area (Å²) >= 11 is 8.29. The zero-order valence-corrected chi connectivity index (χ0v) is 39.4. The van der Waals surface area contributed by atoms with Crippen LogP contribution in [0.25, 0.3) is 0 Å². The molecule has 1 unspecified atom stereocenters. The van der Waals surface area contributed by atoms with Gasteiger partial charge in [0.1, 0.15) is 24.8 Å². The summed E-state index contributed by atoms with van der Waals surface area (Å²) in [6.45, 7) is 9.16. The number of amides is 4. The van der Waals surface area contributed by atoms with Gasteiger partial charge in [0.15, 0.2) is 0 Å². The lowest BCUT2D eigenvalue weighted by Gasteiger charge is -2.43. The Balaban J connectivity index is 0.749. The molecule has 16 heteroatoms. The van der Waals surface area contributed by atoms with Crippen molar-refractivity contribution in [1.29, 1.82) is 0 Å². The van der Waals surface area contributed by atoms with E-state index < -0.39 is 19.1 Å². The van der Waals surface area contributed by atoms with Crippen LogP contribution in [-0.4, -0.2) is 126 Å². The number of nitrogens with zero attached hydrogens (tertiary/aromatic N) is 6. The van der Waals surface area contributed by atoms with Gasteiger partial charge in [0.05, 0.1) is 17.8 Å². The number of piperazine rings is 1. The van der Waals surface area contributed by atoms with Crippen LogP contribution in [-0.2, 0) is 38.3 Å². The number of aromatic nitrogens is 2. The van der Waals surface area contributed by atoms with Gasteiger partial charge in [-0.15, -0.1) is 11.8 Å². The molecule has 8 rings (SSSR count). The Kier molecular flexibility index (Phi) is 14.4. The minimum absolute atomic E-state index is 0.160. The summed E-state index contributed by atoms with van der Waals surface area (Å²) in [5.74, 6) is 1.70. The Morgan fingerprint density at radius 3 is 2.45 bits per heavy atom. The minimum atomic E-state index is -2.48. The van der Waals surface area contributed by atoms with E-state index in [0.717, 1.165) is 109 Å². The first-order valence-corrected chi connectivity index (χ1v) is 26.3. The SMILES string of the molecule is COc1cc(N2CCC(N3CCN(C(=O)CCCCSc4ccc5c(c4)CN(C4CCC(=O)NC4=O)C5=O)CC3)CC2)ccc1Cc1ncc(Cl)c(Cc2ccccc2P(C)(C)=O)n1. The van der Waals surface area contributed by atoms with Gasteiger partial charge in [-0.25, -0.2) is 9.97 Å². The number of rotatable bonds is 15. The van der Waals surface area contributed by atoms with Gasteiger partial charge < -0.3 is 24.0 Å². The second kappa shape index (κ2) is 20.2. The molecule has 0 radical (unpaired) electrons. The van der Waals surface area contributed by atoms with Crippen molar-refractivity contribution in [2.45, 2.75) is 81.3 Å². The van der Waals surface area contributed by atoms with Gasteiger partial charge in [-0.1, -0.05) is 41.9 Å². The highest BCUT2D eigenvalue weighted by Crippen LogP contribution is 2.37. The van der Waals surface area contributed by atoms with Crippen molar-refractivity contribution in [1.82, 2.24) is 30.0 Å². The standard InChI is InChI=1S/C48H57ClN7O6PS/c1-62-42-29-36(12-11-32(42)28-44-50-30-39(49)40(51-44)27-33-8-4-5-9-43(33)63(2,3)61)53-19-17-35(18-20-53)54-21-23-55(24-22-54)46(58)10-6-7-25-64-37-13-14-38-34(26-37)31-56(48(38)60)41-15-16-45(57)52-47(41)59/h4-5,8-9,11-14,26,29-30,35,41H,6-7,10,15-25,27-28,31H2,1-3H3,(H,52,57,59). The van der Waals surface area contributed by atoms with E-state index in [4.69, 9.17) is 21.3 Å². The predicted octanol–water partition coefficient (Wildman–Crippen LogP) is 6.40. The average Bonchev–Trinajstić information content (AvgIpc) is 3.61. The highest BCUT2D eigenvalue weighted by atomic mass is 35.5. The van der Waals surface area contributed by atoms with Crippen molar-refractivity contribution in [2.24, 2.45) is 0 Å². The lowest BCUT2D eigenvalue weighted by molar-refractivity contribution is -0.137. The molecular formula is C48H57ClN7O6PS. The summed E-state index contributed by atoms with van der Waals surface area (Å²) in [6.07, 6.45) is 7.62. The topological polar surface area (TPSA) is 145 Å². The number of carbonyl (C=O) groups is 4. The maximum absolute atomic E-state index is 13.2. The summed E-state index contributed by atoms with van der Waals surface area (Å²) in [7, 11) is -0.780. The molecule has 4 aliphatic rings. The van der Waals surface area contributed by atoms with Crippen molar-refractivity contribution < 1.29 is 28.5 Å². The smallest absolute Gasteiger partial charge is 0.255 e. The summed E-state index contributed by atoms with van der Waals surface area (Å²) in [5.41, 5.74) is 5.32. The van der Waals surface area contributed by atoms with Crippen LogP contribution >= 0.6 is 30.5 Å². The maximum atomic E-state index is 13.2. The van der Waals surface area contributed by atoms with Crippen molar-refractivity contribution in [3.63, 3.8) is 0 Å². The number of nitrogens with one attached hydrogen (secondary N) is 1. The third kappa shape index (κ3) is 10.7. The molecule has 1 aromatic heterocycles. The summed E-state index contributed by atoms with van der Waals surface area (Å²) in [5, 5.41) is 3.68. The number of unbranched alkanes of at least 4 members (excludes halogenated alkanes) is 1. The molecule has 0 aliphatic carbocycles. The number of fused-ring (bicyclic) bond motifs is 1. The predicted molar refractivity (Wildman–Crippen MR) is 252 cm³/mol. The van der Waals surface area contributed by atoms with E-state index in [9.17, 15) is 23.7 Å². The average molecular weight is 927 g/mol. The Hall–Kier alpha value is -4.75. The van der Waals surface area contributed by atoms with Crippen molar-refractivity contribution in [2.75, 3.05) is 70.4 Å². The number of halogens is 1. The maximum Gasteiger partial charge on any atom is 0.255 e. The highest BCUT2D eigenvalue weighted by molar-refractivity contribution is 7.99. The van der Waals surface area contributed by atoms with E-state index in [1.165, 1.54) is 0 Å². The second-order valence-corrected chi connectivity index (χ2v) is 22.3. The van der Waals surface area contributed by atoms with E-state index >= 15 is 0 Å². The number of anilines is 1. The van der Waals surface area contributed by atoms with Crippen LogP contribution in [0.5, 0.6) is 5.75 Å². The molecule has 1 N–H and O–H groups in total. The third-order valence-corrected chi connectivity index (χ3v) is 16.0. The molecule has 4 aromatic rings. The minimum Gasteiger partial charge on any atom is -0.496 e. The molecule has 4 aliphatic heterocycles. The Labute approximate surface area is 385 Å². The van der Waals surface area contributed by atoms with E-state index in [-0.39, 0.29) is 24.1 Å². The first-order valence-electron chi connectivity index (χ1n) is 22.3. The lowest BCUT2D eigenvalue weighted by atomic mass is 10.0. The highest BCUT2D eigenvalue weighted by Gasteiger charge is 2.39. The van der Waals surface area contributed by atoms with E-state index in [1.807, 2.05) is 47.4 Å². The van der Waals surface area contributed by atoms with Crippen LogP contribution in [0.1, 0.15) is 83.5 Å². The molecular weight excluding hydrogens is 869 g/mol. The number of piperidine rings is 2. The largest absolute Gasteiger partial charge is 0.496 e. The van der Waals surface area contributed by atoms with Gasteiger partial charge in [-0.3, -0.25) is 29.4 Å². The summed E-state index contributed by atoms with van der Waals surface area (Å²) in [4.78, 5) is 69.2. The molecule has 0 saturated carbocycles. The lowest BCUT2D eigenvalue weighted by Crippen LogP contribution is -2.54. The van der Waals surface area contributed by atoms with E-state index in [0.29, 0.717) is 60.4 Å². The molecule has 3 aromatic carbocycles.